The molecule has 4 heteroatoms. The van der Waals surface area contributed by atoms with Gasteiger partial charge in [0.15, 0.2) is 0 Å². The molecular formula is C13H16N2O2. The molecule has 0 bridgehead atoms. The molecule has 2 aromatic rings. The summed E-state index contributed by atoms with van der Waals surface area (Å²) < 4.78 is 10.7. The van der Waals surface area contributed by atoms with Crippen LogP contribution >= 0.6 is 0 Å². The quantitative estimate of drug-likeness (QED) is 0.626. The minimum absolute atomic E-state index is 0.208. The number of hydrogen-bond donors (Lipinski definition) is 2. The molecule has 1 unspecified atom stereocenters. The number of ether oxygens (including phenoxy) is 1. The Balaban J connectivity index is 2.44. The number of hydrazine groups is 1. The number of aryl methyl sites for hydroxylation is 1. The fourth-order valence-electron chi connectivity index (χ4n) is 1.84. The first-order valence-corrected chi connectivity index (χ1v) is 5.40. The van der Waals surface area contributed by atoms with Crippen molar-refractivity contribution in [1.29, 1.82) is 0 Å². The van der Waals surface area contributed by atoms with Gasteiger partial charge in [-0.05, 0) is 30.7 Å². The predicted molar refractivity (Wildman–Crippen MR) is 65.6 cm³/mol. The molecule has 0 amide bonds. The molecule has 1 atom stereocenters. The molecule has 4 nitrogen and oxygen atoms in total. The van der Waals surface area contributed by atoms with E-state index in [1.165, 1.54) is 0 Å². The summed E-state index contributed by atoms with van der Waals surface area (Å²) in [5, 5.41) is 0. The summed E-state index contributed by atoms with van der Waals surface area (Å²) in [6.45, 7) is 2.02. The van der Waals surface area contributed by atoms with Crippen molar-refractivity contribution in [2.24, 2.45) is 5.84 Å². The van der Waals surface area contributed by atoms with Gasteiger partial charge in [0.25, 0.3) is 0 Å². The Labute approximate surface area is 100 Å². The van der Waals surface area contributed by atoms with Crippen LogP contribution in [0, 0.1) is 6.92 Å². The van der Waals surface area contributed by atoms with Gasteiger partial charge in [0.1, 0.15) is 17.6 Å². The number of benzene rings is 1. The maximum absolute atomic E-state index is 5.59. The topological polar surface area (TPSA) is 60.4 Å². The Morgan fingerprint density at radius 2 is 2.18 bits per heavy atom. The van der Waals surface area contributed by atoms with Crippen LogP contribution in [0.5, 0.6) is 5.75 Å². The largest absolute Gasteiger partial charge is 0.496 e. The van der Waals surface area contributed by atoms with Crippen LogP contribution in [0.1, 0.15) is 22.9 Å². The van der Waals surface area contributed by atoms with Gasteiger partial charge in [0, 0.05) is 5.56 Å². The van der Waals surface area contributed by atoms with Crippen molar-refractivity contribution in [2.45, 2.75) is 13.0 Å². The van der Waals surface area contributed by atoms with Gasteiger partial charge in [-0.3, -0.25) is 5.84 Å². The second-order valence-electron chi connectivity index (χ2n) is 3.86. The summed E-state index contributed by atoms with van der Waals surface area (Å²) in [6.07, 6.45) is 1.63. The average molecular weight is 232 g/mol. The molecule has 0 saturated carbocycles. The monoisotopic (exact) mass is 232 g/mol. The van der Waals surface area contributed by atoms with Gasteiger partial charge in [-0.1, -0.05) is 12.1 Å². The minimum Gasteiger partial charge on any atom is -0.496 e. The average Bonchev–Trinajstić information content (AvgIpc) is 2.85. The number of rotatable bonds is 4. The Hall–Kier alpha value is -1.78. The van der Waals surface area contributed by atoms with Crippen molar-refractivity contribution in [2.75, 3.05) is 7.11 Å². The highest BCUT2D eigenvalue weighted by atomic mass is 16.5. The van der Waals surface area contributed by atoms with E-state index in [4.69, 9.17) is 15.0 Å². The van der Waals surface area contributed by atoms with Gasteiger partial charge in [-0.15, -0.1) is 0 Å². The number of methoxy groups -OCH3 is 1. The smallest absolute Gasteiger partial charge is 0.126 e. The molecule has 2 rings (SSSR count). The molecular weight excluding hydrogens is 216 g/mol. The van der Waals surface area contributed by atoms with E-state index in [0.29, 0.717) is 0 Å². The molecule has 90 valence electrons. The maximum Gasteiger partial charge on any atom is 0.126 e. The maximum atomic E-state index is 5.59. The van der Waals surface area contributed by atoms with E-state index in [1.807, 2.05) is 37.3 Å². The Morgan fingerprint density at radius 1 is 1.35 bits per heavy atom. The van der Waals surface area contributed by atoms with Gasteiger partial charge in [0.2, 0.25) is 0 Å². The van der Waals surface area contributed by atoms with E-state index in [2.05, 4.69) is 5.43 Å². The van der Waals surface area contributed by atoms with E-state index in [1.54, 1.807) is 13.4 Å². The van der Waals surface area contributed by atoms with Crippen LogP contribution in [0.25, 0.3) is 0 Å². The molecule has 0 spiro atoms. The van der Waals surface area contributed by atoms with Crippen LogP contribution in [-0.2, 0) is 0 Å². The summed E-state index contributed by atoms with van der Waals surface area (Å²) in [7, 11) is 1.65. The van der Waals surface area contributed by atoms with Crippen LogP contribution in [0.3, 0.4) is 0 Å². The molecule has 1 aromatic carbocycles. The lowest BCUT2D eigenvalue weighted by atomic mass is 10.0. The van der Waals surface area contributed by atoms with Crippen LogP contribution in [0.15, 0.2) is 41.0 Å². The number of nitrogens with one attached hydrogen (secondary N) is 1. The van der Waals surface area contributed by atoms with E-state index >= 15 is 0 Å². The van der Waals surface area contributed by atoms with Gasteiger partial charge in [-0.25, -0.2) is 5.43 Å². The lowest BCUT2D eigenvalue weighted by molar-refractivity contribution is 0.393. The molecule has 0 saturated heterocycles. The fraction of sp³-hybridized carbons (Fsp3) is 0.231. The standard InChI is InChI=1S/C13H16N2O2/c1-9-5-6-10(12(8-9)16-2)13(15-14)11-4-3-7-17-11/h3-8,13,15H,14H2,1-2H3. The molecule has 0 aliphatic heterocycles. The zero-order valence-corrected chi connectivity index (χ0v) is 9.94. The second kappa shape index (κ2) is 5.03. The molecule has 0 aliphatic rings. The fourth-order valence-corrected chi connectivity index (χ4v) is 1.84. The third kappa shape index (κ3) is 2.33. The highest BCUT2D eigenvalue weighted by Gasteiger charge is 2.19. The molecule has 1 heterocycles. The molecule has 0 fully saturated rings. The summed E-state index contributed by atoms with van der Waals surface area (Å²) >= 11 is 0. The zero-order valence-electron chi connectivity index (χ0n) is 9.94. The van der Waals surface area contributed by atoms with Crippen molar-refractivity contribution < 1.29 is 9.15 Å². The first-order chi connectivity index (χ1) is 8.26. The summed E-state index contributed by atoms with van der Waals surface area (Å²) in [5.41, 5.74) is 4.84. The zero-order chi connectivity index (χ0) is 12.3. The molecule has 1 aromatic heterocycles. The third-order valence-electron chi connectivity index (χ3n) is 2.69. The summed E-state index contributed by atoms with van der Waals surface area (Å²) in [5.74, 6) is 7.15. The van der Waals surface area contributed by atoms with Gasteiger partial charge >= 0.3 is 0 Å². The highest BCUT2D eigenvalue weighted by Crippen LogP contribution is 2.30. The minimum atomic E-state index is -0.208. The molecule has 0 radical (unpaired) electrons. The van der Waals surface area contributed by atoms with Crippen molar-refractivity contribution in [1.82, 2.24) is 5.43 Å². The van der Waals surface area contributed by atoms with Crippen molar-refractivity contribution >= 4 is 0 Å². The molecule has 17 heavy (non-hydrogen) atoms. The summed E-state index contributed by atoms with van der Waals surface area (Å²) in [6, 6.07) is 9.49. The third-order valence-corrected chi connectivity index (χ3v) is 2.69. The Morgan fingerprint density at radius 3 is 2.76 bits per heavy atom. The predicted octanol–water partition coefficient (Wildman–Crippen LogP) is 2.15. The van der Waals surface area contributed by atoms with Crippen molar-refractivity contribution in [3.05, 3.63) is 53.5 Å². The van der Waals surface area contributed by atoms with E-state index < -0.39 is 0 Å². The first kappa shape index (κ1) is 11.7. The second-order valence-corrected chi connectivity index (χ2v) is 3.86. The van der Waals surface area contributed by atoms with E-state index in [9.17, 15) is 0 Å². The molecule has 0 aliphatic carbocycles. The number of furan rings is 1. The highest BCUT2D eigenvalue weighted by molar-refractivity contribution is 5.42. The summed E-state index contributed by atoms with van der Waals surface area (Å²) in [4.78, 5) is 0. The van der Waals surface area contributed by atoms with Gasteiger partial charge in [-0.2, -0.15) is 0 Å². The van der Waals surface area contributed by atoms with Gasteiger partial charge in [0.05, 0.1) is 13.4 Å². The van der Waals surface area contributed by atoms with Crippen LogP contribution < -0.4 is 16.0 Å². The van der Waals surface area contributed by atoms with Crippen LogP contribution in [-0.4, -0.2) is 7.11 Å². The van der Waals surface area contributed by atoms with Crippen molar-refractivity contribution in [3.63, 3.8) is 0 Å². The Bertz CT molecular complexity index is 480. The van der Waals surface area contributed by atoms with E-state index in [-0.39, 0.29) is 6.04 Å². The van der Waals surface area contributed by atoms with Crippen LogP contribution in [0.4, 0.5) is 0 Å². The molecule has 3 N–H and O–H groups in total. The SMILES string of the molecule is COc1cc(C)ccc1C(NN)c1ccco1. The lowest BCUT2D eigenvalue weighted by Gasteiger charge is -2.17. The number of hydrogen-bond acceptors (Lipinski definition) is 4. The lowest BCUT2D eigenvalue weighted by Crippen LogP contribution is -2.28. The normalized spacial score (nSPS) is 12.4. The Kier molecular flexibility index (Phi) is 3.46. The van der Waals surface area contributed by atoms with E-state index in [0.717, 1.165) is 22.6 Å². The number of nitrogens with two attached hydrogens (primary N) is 1. The van der Waals surface area contributed by atoms with Crippen LogP contribution in [0.2, 0.25) is 0 Å². The van der Waals surface area contributed by atoms with Gasteiger partial charge < -0.3 is 9.15 Å². The van der Waals surface area contributed by atoms with Crippen molar-refractivity contribution in [3.8, 4) is 5.75 Å². The first-order valence-electron chi connectivity index (χ1n) is 5.40.